The molecule has 0 amide bonds. The van der Waals surface area contributed by atoms with Crippen molar-refractivity contribution in [2.75, 3.05) is 11.4 Å². The minimum absolute atomic E-state index is 0.821. The fourth-order valence-electron chi connectivity index (χ4n) is 2.01. The van der Waals surface area contributed by atoms with Crippen molar-refractivity contribution in [1.29, 1.82) is 0 Å². The first-order valence-corrected chi connectivity index (χ1v) is 7.39. The topological polar surface area (TPSA) is 3.24 Å². The van der Waals surface area contributed by atoms with Crippen molar-refractivity contribution in [3.8, 4) is 0 Å². The summed E-state index contributed by atoms with van der Waals surface area (Å²) in [5, 5.41) is 0.950. The molecule has 0 heterocycles. The molecule has 0 spiro atoms. The number of hydrogen-bond acceptors (Lipinski definition) is 1. The first-order chi connectivity index (χ1) is 7.85. The first kappa shape index (κ1) is 12.0. The molecule has 0 radical (unpaired) electrons. The van der Waals surface area contributed by atoms with Gasteiger partial charge in [-0.1, -0.05) is 41.4 Å². The molecule has 1 aromatic carbocycles. The van der Waals surface area contributed by atoms with E-state index in [-0.39, 0.29) is 0 Å². The Kier molecular flexibility index (Phi) is 4.28. The maximum absolute atomic E-state index is 3.49. The second kappa shape index (κ2) is 5.72. The molecule has 1 aliphatic carbocycles. The fraction of sp³-hybridized carbons (Fsp3) is 0.571. The van der Waals surface area contributed by atoms with E-state index in [9.17, 15) is 0 Å². The summed E-state index contributed by atoms with van der Waals surface area (Å²) >= 11 is 3.49. The highest BCUT2D eigenvalue weighted by Gasteiger charge is 2.28. The number of alkyl halides is 1. The maximum atomic E-state index is 3.49. The van der Waals surface area contributed by atoms with E-state index in [1.54, 1.807) is 0 Å². The standard InChI is InChI=1S/C14H20BrN/c1-2-3-10-16(14-8-9-14)13-6-4-12(11-15)5-7-13/h4-7,14H,2-3,8-11H2,1H3. The summed E-state index contributed by atoms with van der Waals surface area (Å²) in [7, 11) is 0. The highest BCUT2D eigenvalue weighted by atomic mass is 79.9. The molecule has 0 saturated heterocycles. The molecule has 1 aliphatic rings. The van der Waals surface area contributed by atoms with Gasteiger partial charge < -0.3 is 4.90 Å². The van der Waals surface area contributed by atoms with Gasteiger partial charge in [0.15, 0.2) is 0 Å². The third-order valence-corrected chi connectivity index (χ3v) is 3.81. The molecule has 0 aliphatic heterocycles. The lowest BCUT2D eigenvalue weighted by Gasteiger charge is -2.24. The average molecular weight is 282 g/mol. The molecule has 88 valence electrons. The molecule has 0 bridgehead atoms. The fourth-order valence-corrected chi connectivity index (χ4v) is 2.39. The van der Waals surface area contributed by atoms with Crippen LogP contribution < -0.4 is 4.90 Å². The van der Waals surface area contributed by atoms with Crippen LogP contribution in [0.2, 0.25) is 0 Å². The largest absolute Gasteiger partial charge is 0.369 e. The monoisotopic (exact) mass is 281 g/mol. The Morgan fingerprint density at radius 3 is 2.44 bits per heavy atom. The SMILES string of the molecule is CCCCN(c1ccc(CBr)cc1)C1CC1. The Morgan fingerprint density at radius 1 is 1.25 bits per heavy atom. The summed E-state index contributed by atoms with van der Waals surface area (Å²) in [5.74, 6) is 0. The maximum Gasteiger partial charge on any atom is 0.0368 e. The van der Waals surface area contributed by atoms with Crippen LogP contribution in [0.5, 0.6) is 0 Å². The molecule has 1 aromatic rings. The van der Waals surface area contributed by atoms with Crippen LogP contribution in [0.25, 0.3) is 0 Å². The van der Waals surface area contributed by atoms with Gasteiger partial charge in [0.25, 0.3) is 0 Å². The summed E-state index contributed by atoms with van der Waals surface area (Å²) in [4.78, 5) is 2.58. The molecule has 0 aromatic heterocycles. The Morgan fingerprint density at radius 2 is 1.94 bits per heavy atom. The molecule has 0 N–H and O–H groups in total. The number of rotatable bonds is 6. The summed E-state index contributed by atoms with van der Waals surface area (Å²) < 4.78 is 0. The van der Waals surface area contributed by atoms with E-state index in [1.165, 1.54) is 43.5 Å². The van der Waals surface area contributed by atoms with Crippen LogP contribution in [0, 0.1) is 0 Å². The molecule has 1 fully saturated rings. The van der Waals surface area contributed by atoms with Crippen LogP contribution in [0.1, 0.15) is 38.2 Å². The zero-order valence-electron chi connectivity index (χ0n) is 9.95. The van der Waals surface area contributed by atoms with E-state index in [2.05, 4.69) is 52.0 Å². The zero-order chi connectivity index (χ0) is 11.4. The molecule has 0 unspecified atom stereocenters. The number of nitrogens with zero attached hydrogens (tertiary/aromatic N) is 1. The van der Waals surface area contributed by atoms with Crippen molar-refractivity contribution in [1.82, 2.24) is 0 Å². The van der Waals surface area contributed by atoms with Crippen molar-refractivity contribution in [3.63, 3.8) is 0 Å². The highest BCUT2D eigenvalue weighted by molar-refractivity contribution is 9.08. The van der Waals surface area contributed by atoms with Crippen molar-refractivity contribution in [2.45, 2.75) is 44.0 Å². The predicted molar refractivity (Wildman–Crippen MR) is 74.3 cm³/mol. The van der Waals surface area contributed by atoms with Gasteiger partial charge in [-0.15, -0.1) is 0 Å². The van der Waals surface area contributed by atoms with E-state index in [1.807, 2.05) is 0 Å². The molecule has 2 heteroatoms. The molecule has 1 saturated carbocycles. The minimum Gasteiger partial charge on any atom is -0.369 e. The van der Waals surface area contributed by atoms with E-state index in [0.29, 0.717) is 0 Å². The molecular formula is C14H20BrN. The Labute approximate surface area is 107 Å². The highest BCUT2D eigenvalue weighted by Crippen LogP contribution is 2.32. The van der Waals surface area contributed by atoms with Gasteiger partial charge in [-0.3, -0.25) is 0 Å². The number of halogens is 1. The van der Waals surface area contributed by atoms with Gasteiger partial charge in [0.05, 0.1) is 0 Å². The molecule has 0 atom stereocenters. The van der Waals surface area contributed by atoms with Crippen LogP contribution in [0.4, 0.5) is 5.69 Å². The van der Waals surface area contributed by atoms with Gasteiger partial charge in [-0.05, 0) is 37.0 Å². The van der Waals surface area contributed by atoms with Gasteiger partial charge in [0, 0.05) is 23.6 Å². The normalized spacial score (nSPS) is 15.1. The summed E-state index contributed by atoms with van der Waals surface area (Å²) in [6, 6.07) is 9.81. The van der Waals surface area contributed by atoms with E-state index >= 15 is 0 Å². The Bertz CT molecular complexity index is 316. The van der Waals surface area contributed by atoms with Gasteiger partial charge in [-0.2, -0.15) is 0 Å². The number of anilines is 1. The van der Waals surface area contributed by atoms with Crippen molar-refractivity contribution in [3.05, 3.63) is 29.8 Å². The van der Waals surface area contributed by atoms with Crippen LogP contribution in [-0.2, 0) is 5.33 Å². The second-order valence-electron chi connectivity index (χ2n) is 4.58. The van der Waals surface area contributed by atoms with Crippen LogP contribution >= 0.6 is 15.9 Å². The van der Waals surface area contributed by atoms with Crippen LogP contribution in [0.3, 0.4) is 0 Å². The zero-order valence-corrected chi connectivity index (χ0v) is 11.5. The summed E-state index contributed by atoms with van der Waals surface area (Å²) in [5.41, 5.74) is 2.76. The van der Waals surface area contributed by atoms with Crippen molar-refractivity contribution < 1.29 is 0 Å². The lowest BCUT2D eigenvalue weighted by Crippen LogP contribution is -2.26. The van der Waals surface area contributed by atoms with Crippen molar-refractivity contribution in [2.24, 2.45) is 0 Å². The van der Waals surface area contributed by atoms with E-state index < -0.39 is 0 Å². The van der Waals surface area contributed by atoms with Crippen molar-refractivity contribution >= 4 is 21.6 Å². The van der Waals surface area contributed by atoms with Gasteiger partial charge in [-0.25, -0.2) is 0 Å². The van der Waals surface area contributed by atoms with Gasteiger partial charge in [0.1, 0.15) is 0 Å². The molecule has 16 heavy (non-hydrogen) atoms. The molecule has 2 rings (SSSR count). The molecule has 1 nitrogen and oxygen atoms in total. The Balaban J connectivity index is 2.05. The quantitative estimate of drug-likeness (QED) is 0.701. The first-order valence-electron chi connectivity index (χ1n) is 6.26. The van der Waals surface area contributed by atoms with Gasteiger partial charge >= 0.3 is 0 Å². The van der Waals surface area contributed by atoms with Crippen LogP contribution in [0.15, 0.2) is 24.3 Å². The predicted octanol–water partition coefficient (Wildman–Crippen LogP) is 4.35. The average Bonchev–Trinajstić information content (AvgIpc) is 3.15. The summed E-state index contributed by atoms with van der Waals surface area (Å²) in [6.07, 6.45) is 5.34. The minimum atomic E-state index is 0.821. The third kappa shape index (κ3) is 3.00. The number of hydrogen-bond donors (Lipinski definition) is 0. The van der Waals surface area contributed by atoms with E-state index in [4.69, 9.17) is 0 Å². The lowest BCUT2D eigenvalue weighted by molar-refractivity contribution is 0.713. The smallest absolute Gasteiger partial charge is 0.0368 e. The number of benzene rings is 1. The van der Waals surface area contributed by atoms with Gasteiger partial charge in [0.2, 0.25) is 0 Å². The third-order valence-electron chi connectivity index (χ3n) is 3.16. The number of unbranched alkanes of at least 4 members (excludes halogenated alkanes) is 1. The second-order valence-corrected chi connectivity index (χ2v) is 5.14. The molecular weight excluding hydrogens is 262 g/mol. The Hall–Kier alpha value is -0.500. The summed E-state index contributed by atoms with van der Waals surface area (Å²) in [6.45, 7) is 3.48. The lowest BCUT2D eigenvalue weighted by atomic mass is 10.2. The van der Waals surface area contributed by atoms with E-state index in [0.717, 1.165) is 11.4 Å². The van der Waals surface area contributed by atoms with Crippen LogP contribution in [-0.4, -0.2) is 12.6 Å².